The highest BCUT2D eigenvalue weighted by Gasteiger charge is 2.32. The van der Waals surface area contributed by atoms with E-state index >= 15 is 0 Å². The molecule has 0 aliphatic carbocycles. The van der Waals surface area contributed by atoms with Crippen LogP contribution in [0.3, 0.4) is 0 Å². The van der Waals surface area contributed by atoms with Crippen molar-refractivity contribution < 1.29 is 38.0 Å². The first-order valence-electron chi connectivity index (χ1n) is 25.2. The first-order chi connectivity index (χ1) is 28.2. The Hall–Kier alpha value is -1.22. The quantitative estimate of drug-likeness (QED) is 0.0340. The largest absolute Gasteiger partial charge is 0.408 e. The minimum absolute atomic E-state index is 0.173. The molecule has 0 unspecified atom stereocenters. The van der Waals surface area contributed by atoms with E-state index in [4.69, 9.17) is 28.4 Å². The van der Waals surface area contributed by atoms with Crippen molar-refractivity contribution in [1.82, 2.24) is 0 Å². The average Bonchev–Trinajstić information content (AvgIpc) is 3.20. The fraction of sp³-hybridized carbons (Fsp3) is 0.960. The minimum Gasteiger partial charge on any atom is -0.408 e. The fourth-order valence-electron chi connectivity index (χ4n) is 7.23. The van der Waals surface area contributed by atoms with Crippen molar-refractivity contribution in [3.05, 3.63) is 0 Å². The van der Waals surface area contributed by atoms with Crippen LogP contribution >= 0.6 is 0 Å². The van der Waals surface area contributed by atoms with Gasteiger partial charge in [-0.05, 0) is 38.5 Å². The van der Waals surface area contributed by atoms with E-state index in [1.54, 1.807) is 13.8 Å². The molecule has 0 aliphatic heterocycles. The second-order valence-corrected chi connectivity index (χ2v) is 17.2. The molecule has 0 aliphatic rings. The molecule has 0 aromatic carbocycles. The summed E-state index contributed by atoms with van der Waals surface area (Å²) in [4.78, 5) is 26.1. The lowest BCUT2D eigenvalue weighted by Gasteiger charge is -2.29. The highest BCUT2D eigenvalue weighted by Crippen LogP contribution is 2.22. The molecule has 0 heterocycles. The molecule has 0 fully saturated rings. The lowest BCUT2D eigenvalue weighted by molar-refractivity contribution is -0.354. The third kappa shape index (κ3) is 38.9. The predicted molar refractivity (Wildman–Crippen MR) is 242 cm³/mol. The molecule has 0 saturated heterocycles. The zero-order valence-electron chi connectivity index (χ0n) is 39.6. The van der Waals surface area contributed by atoms with Crippen LogP contribution in [0.15, 0.2) is 0 Å². The van der Waals surface area contributed by atoms with Gasteiger partial charge in [0.15, 0.2) is 0 Å². The van der Waals surface area contributed by atoms with E-state index in [1.807, 2.05) is 0 Å². The van der Waals surface area contributed by atoms with Gasteiger partial charge in [0.25, 0.3) is 0 Å². The van der Waals surface area contributed by atoms with Crippen LogP contribution in [0, 0.1) is 0 Å². The van der Waals surface area contributed by atoms with Crippen LogP contribution in [0.25, 0.3) is 0 Å². The summed E-state index contributed by atoms with van der Waals surface area (Å²) in [7, 11) is 0. The van der Waals surface area contributed by atoms with Gasteiger partial charge < -0.3 is 28.4 Å². The summed E-state index contributed by atoms with van der Waals surface area (Å²) in [6.07, 6.45) is 39.9. The summed E-state index contributed by atoms with van der Waals surface area (Å²) in [5.41, 5.74) is 0. The van der Waals surface area contributed by atoms with Crippen molar-refractivity contribution in [2.24, 2.45) is 0 Å². The Balaban J connectivity index is 4.85. The van der Waals surface area contributed by atoms with Gasteiger partial charge in [0.1, 0.15) is 0 Å². The molecule has 0 aromatic heterocycles. The van der Waals surface area contributed by atoms with Gasteiger partial charge in [-0.25, -0.2) is 0 Å². The van der Waals surface area contributed by atoms with Gasteiger partial charge in [0.05, 0.1) is 26.4 Å². The van der Waals surface area contributed by atoms with E-state index in [9.17, 15) is 9.59 Å². The van der Waals surface area contributed by atoms with Gasteiger partial charge in [-0.1, -0.05) is 207 Å². The molecular formula is C50H98O8. The normalized spacial score (nSPS) is 12.0. The van der Waals surface area contributed by atoms with Crippen LogP contribution < -0.4 is 0 Å². The second kappa shape index (κ2) is 42.5. The first-order valence-corrected chi connectivity index (χ1v) is 25.2. The maximum Gasteiger partial charge on any atom is 0.326 e. The van der Waals surface area contributed by atoms with E-state index in [0.29, 0.717) is 39.3 Å². The molecule has 8 heteroatoms. The Morgan fingerprint density at radius 2 is 0.483 bits per heavy atom. The van der Waals surface area contributed by atoms with Crippen LogP contribution in [0.2, 0.25) is 0 Å². The number of carbonyl (C=O) groups is 2. The highest BCUT2D eigenvalue weighted by atomic mass is 16.9. The van der Waals surface area contributed by atoms with Gasteiger partial charge in [-0.3, -0.25) is 9.59 Å². The van der Waals surface area contributed by atoms with E-state index < -0.39 is 11.9 Å². The number of hydrogen-bond acceptors (Lipinski definition) is 8. The van der Waals surface area contributed by atoms with Crippen molar-refractivity contribution in [1.29, 1.82) is 0 Å². The maximum atomic E-state index is 13.0. The number of esters is 2. The number of ether oxygens (including phenoxy) is 6. The molecule has 0 rings (SSSR count). The van der Waals surface area contributed by atoms with E-state index in [1.165, 1.54) is 154 Å². The number of rotatable bonds is 47. The van der Waals surface area contributed by atoms with E-state index in [-0.39, 0.29) is 24.8 Å². The molecule has 0 bridgehead atoms. The van der Waals surface area contributed by atoms with Gasteiger partial charge in [-0.2, -0.15) is 0 Å². The Bertz CT molecular complexity index is 766. The molecule has 0 radical (unpaired) electrons. The average molecular weight is 827 g/mol. The van der Waals surface area contributed by atoms with Crippen LogP contribution in [-0.2, 0) is 38.0 Å². The summed E-state index contributed by atoms with van der Waals surface area (Å²) in [5, 5.41) is 0. The predicted octanol–water partition coefficient (Wildman–Crippen LogP) is 15.6. The third-order valence-electron chi connectivity index (χ3n) is 11.1. The Kier molecular flexibility index (Phi) is 41.6. The summed E-state index contributed by atoms with van der Waals surface area (Å²) < 4.78 is 36.0. The van der Waals surface area contributed by atoms with E-state index in [2.05, 4.69) is 27.7 Å². The Morgan fingerprint density at radius 1 is 0.293 bits per heavy atom. The van der Waals surface area contributed by atoms with Crippen LogP contribution in [0.5, 0.6) is 0 Å². The first kappa shape index (κ1) is 56.8. The lowest BCUT2D eigenvalue weighted by atomic mass is 10.1. The molecule has 0 amide bonds. The zero-order chi connectivity index (χ0) is 42.7. The Morgan fingerprint density at radius 3 is 0.690 bits per heavy atom. The van der Waals surface area contributed by atoms with E-state index in [0.717, 1.165) is 51.4 Å². The molecule has 0 aromatic rings. The second-order valence-electron chi connectivity index (χ2n) is 17.2. The van der Waals surface area contributed by atoms with Crippen molar-refractivity contribution in [3.63, 3.8) is 0 Å². The summed E-state index contributed by atoms with van der Waals surface area (Å²) in [6, 6.07) is 0. The molecule has 8 nitrogen and oxygen atoms in total. The summed E-state index contributed by atoms with van der Waals surface area (Å²) in [5.74, 6) is -3.57. The molecular weight excluding hydrogens is 729 g/mol. The fourth-order valence-corrected chi connectivity index (χ4v) is 7.23. The molecule has 0 spiro atoms. The standard InChI is InChI=1S/C50H98O8/c1-7-11-15-19-23-27-31-37-43-53-49(5,54-44-38-32-28-24-20-16-12-8-2)57-47(51)41-35-36-42-48(52)58-50(6,55-45-39-33-29-25-21-17-13-9-3)56-46-40-34-30-26-22-18-14-10-4/h7-46H2,1-6H3. The van der Waals surface area contributed by atoms with Gasteiger partial charge >= 0.3 is 23.9 Å². The number of carbonyl (C=O) groups excluding carboxylic acids is 2. The summed E-state index contributed by atoms with van der Waals surface area (Å²) in [6.45, 7) is 14.4. The summed E-state index contributed by atoms with van der Waals surface area (Å²) >= 11 is 0. The number of hydrogen-bond donors (Lipinski definition) is 0. The number of unbranched alkanes of at least 4 members (excludes halogenated alkanes) is 29. The Labute approximate surface area is 360 Å². The highest BCUT2D eigenvalue weighted by molar-refractivity contribution is 5.71. The third-order valence-corrected chi connectivity index (χ3v) is 11.1. The smallest absolute Gasteiger partial charge is 0.326 e. The van der Waals surface area contributed by atoms with Gasteiger partial charge in [-0.15, -0.1) is 0 Å². The van der Waals surface area contributed by atoms with Crippen LogP contribution in [-0.4, -0.2) is 50.3 Å². The topological polar surface area (TPSA) is 89.5 Å². The molecule has 346 valence electrons. The van der Waals surface area contributed by atoms with Gasteiger partial charge in [0, 0.05) is 26.7 Å². The van der Waals surface area contributed by atoms with Crippen LogP contribution in [0.4, 0.5) is 0 Å². The minimum atomic E-state index is -1.40. The monoisotopic (exact) mass is 827 g/mol. The van der Waals surface area contributed by atoms with Gasteiger partial charge in [0.2, 0.25) is 0 Å². The lowest BCUT2D eigenvalue weighted by Crippen LogP contribution is -2.39. The molecule has 0 N–H and O–H groups in total. The van der Waals surface area contributed by atoms with Crippen molar-refractivity contribution >= 4 is 11.9 Å². The van der Waals surface area contributed by atoms with Crippen LogP contribution in [0.1, 0.15) is 273 Å². The molecule has 0 saturated carbocycles. The SMILES string of the molecule is CCCCCCCCCCOC(C)(OCCCCCCCCCC)OC(=O)CCCCC(=O)OC(C)(OCCCCCCCCCC)OCCCCCCCCCC. The van der Waals surface area contributed by atoms with Crippen molar-refractivity contribution in [3.8, 4) is 0 Å². The van der Waals surface area contributed by atoms with Crippen molar-refractivity contribution in [2.75, 3.05) is 26.4 Å². The maximum absolute atomic E-state index is 13.0. The molecule has 58 heavy (non-hydrogen) atoms. The van der Waals surface area contributed by atoms with Crippen molar-refractivity contribution in [2.45, 2.75) is 285 Å². The molecule has 0 atom stereocenters. The zero-order valence-corrected chi connectivity index (χ0v) is 39.6.